The van der Waals surface area contributed by atoms with Gasteiger partial charge in [0.05, 0.1) is 0 Å². The molecule has 5 nitrogen and oxygen atoms in total. The first-order valence-electron chi connectivity index (χ1n) is 6.15. The fourth-order valence-electron chi connectivity index (χ4n) is 2.14. The quantitative estimate of drug-likeness (QED) is 0.891. The average Bonchev–Trinajstić information content (AvgIpc) is 2.82. The topological polar surface area (TPSA) is 74.8 Å². The summed E-state index contributed by atoms with van der Waals surface area (Å²) in [7, 11) is 0. The van der Waals surface area contributed by atoms with Gasteiger partial charge in [-0.15, -0.1) is 0 Å². The Morgan fingerprint density at radius 2 is 1.77 bits per heavy atom. The zero-order valence-electron chi connectivity index (χ0n) is 11.1. The summed E-state index contributed by atoms with van der Waals surface area (Å²) >= 11 is 5.91. The number of nitrogens with one attached hydrogen (secondary N) is 2. The number of fused-ring (bicyclic) bond motifs is 1. The van der Waals surface area contributed by atoms with Crippen molar-refractivity contribution in [1.29, 1.82) is 0 Å². The lowest BCUT2D eigenvalue weighted by Crippen LogP contribution is -2.24. The van der Waals surface area contributed by atoms with E-state index >= 15 is 0 Å². The van der Waals surface area contributed by atoms with Crippen molar-refractivity contribution in [2.75, 3.05) is 5.32 Å². The van der Waals surface area contributed by atoms with Crippen LogP contribution in [-0.2, 0) is 0 Å². The molecule has 0 atom stereocenters. The molecule has 1 aliphatic carbocycles. The Morgan fingerprint density at radius 3 is 2.41 bits per heavy atom. The number of H-pyrrole nitrogens is 1. The van der Waals surface area contributed by atoms with E-state index in [1.807, 2.05) is 0 Å². The Bertz CT molecular complexity index is 838. The van der Waals surface area contributed by atoms with Crippen molar-refractivity contribution < 1.29 is 18.4 Å². The van der Waals surface area contributed by atoms with Gasteiger partial charge >= 0.3 is 0 Å². The van der Waals surface area contributed by atoms with Gasteiger partial charge in [-0.1, -0.05) is 11.6 Å². The number of aromatic nitrogens is 2. The normalized spacial score (nSPS) is 14.4. The van der Waals surface area contributed by atoms with Crippen molar-refractivity contribution in [3.63, 3.8) is 0 Å². The van der Waals surface area contributed by atoms with Gasteiger partial charge in [-0.05, 0) is 19.1 Å². The number of allylic oxidation sites excluding steroid dienone is 2. The van der Waals surface area contributed by atoms with E-state index in [9.17, 15) is 18.4 Å². The number of anilines is 1. The first-order valence-corrected chi connectivity index (χ1v) is 6.53. The van der Waals surface area contributed by atoms with Gasteiger partial charge in [0.2, 0.25) is 11.6 Å². The van der Waals surface area contributed by atoms with Crippen molar-refractivity contribution in [2.45, 2.75) is 6.92 Å². The van der Waals surface area contributed by atoms with E-state index in [0.717, 1.165) is 12.1 Å². The molecule has 1 aromatic carbocycles. The number of nitrogens with zero attached hydrogens (tertiary/aromatic N) is 1. The second-order valence-corrected chi connectivity index (χ2v) is 5.05. The monoisotopic (exact) mass is 323 g/mol. The summed E-state index contributed by atoms with van der Waals surface area (Å²) in [6, 6.07) is 2.64. The lowest BCUT2D eigenvalue weighted by molar-refractivity contribution is 0.0977. The van der Waals surface area contributed by atoms with Gasteiger partial charge in [0.1, 0.15) is 39.6 Å². The van der Waals surface area contributed by atoms with Crippen LogP contribution >= 0.6 is 11.6 Å². The van der Waals surface area contributed by atoms with Crippen molar-refractivity contribution >= 4 is 28.9 Å². The first kappa shape index (κ1) is 14.4. The number of hydrogen-bond donors (Lipinski definition) is 2. The lowest BCUT2D eigenvalue weighted by atomic mass is 10.0. The fraction of sp³-hybridized carbons (Fsp3) is 0.0714. The highest BCUT2D eigenvalue weighted by atomic mass is 35.5. The van der Waals surface area contributed by atoms with Crippen LogP contribution in [0.4, 0.5) is 14.5 Å². The molecular weight excluding hydrogens is 316 g/mol. The molecule has 22 heavy (non-hydrogen) atoms. The molecule has 2 N–H and O–H groups in total. The van der Waals surface area contributed by atoms with E-state index in [0.29, 0.717) is 11.9 Å². The van der Waals surface area contributed by atoms with Crippen molar-refractivity contribution in [3.8, 4) is 0 Å². The Morgan fingerprint density at radius 1 is 1.14 bits per heavy atom. The Balaban J connectivity index is 2.04. The molecule has 8 heteroatoms. The van der Waals surface area contributed by atoms with Crippen molar-refractivity contribution in [2.24, 2.45) is 0 Å². The lowest BCUT2D eigenvalue weighted by Gasteiger charge is -2.15. The number of benzene rings is 1. The molecule has 0 saturated carbocycles. The predicted octanol–water partition coefficient (Wildman–Crippen LogP) is 2.94. The largest absolute Gasteiger partial charge is 0.351 e. The Hall–Kier alpha value is -2.54. The fourth-order valence-corrected chi connectivity index (χ4v) is 2.37. The second-order valence-electron chi connectivity index (χ2n) is 4.68. The highest BCUT2D eigenvalue weighted by Gasteiger charge is 2.34. The molecule has 0 spiro atoms. The number of Topliss-reactive ketones (excluding diaryl/α,β-unsaturated/α-hetero) is 2. The minimum atomic E-state index is -0.829. The molecule has 0 radical (unpaired) electrons. The minimum Gasteiger partial charge on any atom is -0.351 e. The molecule has 1 aliphatic rings. The number of carbonyl (C=O) groups is 2. The van der Waals surface area contributed by atoms with Crippen molar-refractivity contribution in [1.82, 2.24) is 9.97 Å². The van der Waals surface area contributed by atoms with Gasteiger partial charge in [-0.3, -0.25) is 9.59 Å². The maximum absolute atomic E-state index is 13.2. The number of hydrogen-bond acceptors (Lipinski definition) is 4. The molecule has 2 aromatic rings. The number of imidazole rings is 1. The molecule has 0 bridgehead atoms. The predicted molar refractivity (Wildman–Crippen MR) is 74.8 cm³/mol. The molecule has 0 aliphatic heterocycles. The van der Waals surface area contributed by atoms with Crippen LogP contribution in [0.5, 0.6) is 0 Å². The Kier molecular flexibility index (Phi) is 3.29. The number of aryl methyl sites for hydroxylation is 1. The number of carbonyl (C=O) groups excluding carboxylic acids is 2. The third kappa shape index (κ3) is 2.29. The molecular formula is C14H8ClF2N3O2. The maximum atomic E-state index is 13.2. The third-order valence-corrected chi connectivity index (χ3v) is 3.40. The highest BCUT2D eigenvalue weighted by Crippen LogP contribution is 2.28. The van der Waals surface area contributed by atoms with Crippen LogP contribution in [-0.4, -0.2) is 21.5 Å². The highest BCUT2D eigenvalue weighted by molar-refractivity contribution is 6.49. The van der Waals surface area contributed by atoms with Gasteiger partial charge in [-0.25, -0.2) is 13.8 Å². The second kappa shape index (κ2) is 5.03. The van der Waals surface area contributed by atoms with Gasteiger partial charge in [0.15, 0.2) is 0 Å². The van der Waals surface area contributed by atoms with Crippen molar-refractivity contribution in [3.05, 3.63) is 57.8 Å². The van der Waals surface area contributed by atoms with Crippen LogP contribution in [0.15, 0.2) is 28.9 Å². The zero-order valence-corrected chi connectivity index (χ0v) is 11.9. The van der Waals surface area contributed by atoms with E-state index < -0.39 is 23.2 Å². The van der Waals surface area contributed by atoms with E-state index in [1.165, 1.54) is 0 Å². The van der Waals surface area contributed by atoms with Crippen LogP contribution in [0, 0.1) is 18.6 Å². The molecule has 1 aromatic heterocycles. The summed E-state index contributed by atoms with van der Waals surface area (Å²) < 4.78 is 26.4. The number of aromatic amines is 1. The summed E-state index contributed by atoms with van der Waals surface area (Å²) in [5.41, 5.74) is -0.382. The van der Waals surface area contributed by atoms with Crippen LogP contribution in [0.25, 0.3) is 0 Å². The standard InChI is InChI=1S/C14H8ClF2N3O2/c1-5-18-11-12(19-5)14(22)10(9(15)13(11)21)20-8-3-6(16)2-7(17)4-8/h2-4,20H,1H3,(H,18,19). The molecule has 112 valence electrons. The summed E-state index contributed by atoms with van der Waals surface area (Å²) in [6.45, 7) is 1.59. The summed E-state index contributed by atoms with van der Waals surface area (Å²) in [5.74, 6) is -2.52. The molecule has 3 rings (SSSR count). The molecule has 1 heterocycles. The van der Waals surface area contributed by atoms with E-state index in [2.05, 4.69) is 15.3 Å². The Labute approximate surface area is 128 Å². The van der Waals surface area contributed by atoms with Gasteiger partial charge < -0.3 is 10.3 Å². The van der Waals surface area contributed by atoms with Crippen LogP contribution < -0.4 is 5.32 Å². The number of ketones is 2. The van der Waals surface area contributed by atoms with E-state index in [-0.39, 0.29) is 27.8 Å². The van der Waals surface area contributed by atoms with Gasteiger partial charge in [0, 0.05) is 11.8 Å². The summed E-state index contributed by atoms with van der Waals surface area (Å²) in [4.78, 5) is 31.0. The van der Waals surface area contributed by atoms with Gasteiger partial charge in [-0.2, -0.15) is 0 Å². The average molecular weight is 324 g/mol. The number of rotatable bonds is 2. The zero-order chi connectivity index (χ0) is 16.0. The molecule has 0 unspecified atom stereocenters. The van der Waals surface area contributed by atoms with Gasteiger partial charge in [0.25, 0.3) is 0 Å². The minimum absolute atomic E-state index is 0.00322. The van der Waals surface area contributed by atoms with Crippen LogP contribution in [0.2, 0.25) is 0 Å². The number of halogens is 3. The summed E-state index contributed by atoms with van der Waals surface area (Å²) in [5, 5.41) is 2.12. The molecule has 0 fully saturated rings. The summed E-state index contributed by atoms with van der Waals surface area (Å²) in [6.07, 6.45) is 0. The molecule has 0 amide bonds. The van der Waals surface area contributed by atoms with Crippen LogP contribution in [0.1, 0.15) is 26.8 Å². The van der Waals surface area contributed by atoms with Crippen LogP contribution in [0.3, 0.4) is 0 Å². The maximum Gasteiger partial charge on any atom is 0.231 e. The van der Waals surface area contributed by atoms with E-state index in [4.69, 9.17) is 11.6 Å². The van der Waals surface area contributed by atoms with E-state index in [1.54, 1.807) is 6.92 Å². The first-order chi connectivity index (χ1) is 10.4. The third-order valence-electron chi connectivity index (χ3n) is 3.04. The SMILES string of the molecule is Cc1nc2c([nH]1)C(=O)C(Cl)=C(Nc1cc(F)cc(F)c1)C2=O. The molecule has 0 saturated heterocycles. The smallest absolute Gasteiger partial charge is 0.231 e.